The Kier molecular flexibility index (Phi) is 5.16. The summed E-state index contributed by atoms with van der Waals surface area (Å²) in [5, 5.41) is 2.17. The van der Waals surface area contributed by atoms with Gasteiger partial charge in [0.05, 0.1) is 5.02 Å². The molecule has 25 heavy (non-hydrogen) atoms. The molecule has 0 spiro atoms. The van der Waals surface area contributed by atoms with Gasteiger partial charge in [0.1, 0.15) is 5.75 Å². The smallest absolute Gasteiger partial charge is 0.276 e. The molecule has 0 saturated heterocycles. The van der Waals surface area contributed by atoms with Crippen LogP contribution in [0.15, 0.2) is 66.7 Å². The zero-order chi connectivity index (χ0) is 17.6. The van der Waals surface area contributed by atoms with Crippen LogP contribution in [0.5, 0.6) is 5.75 Å². The van der Waals surface area contributed by atoms with Gasteiger partial charge in [0, 0.05) is 5.56 Å². The lowest BCUT2D eigenvalue weighted by molar-refractivity contribution is -0.123. The first kappa shape index (κ1) is 16.8. The van der Waals surface area contributed by atoms with E-state index in [2.05, 4.69) is 10.9 Å². The number of halogens is 1. The second-order valence-electron chi connectivity index (χ2n) is 5.25. The normalized spacial score (nSPS) is 10.3. The summed E-state index contributed by atoms with van der Waals surface area (Å²) in [6.45, 7) is -0.264. The molecule has 0 aromatic heterocycles. The first-order valence-corrected chi connectivity index (χ1v) is 7.97. The third-order valence-electron chi connectivity index (χ3n) is 3.55. The van der Waals surface area contributed by atoms with Gasteiger partial charge in [0.2, 0.25) is 0 Å². The van der Waals surface area contributed by atoms with Crippen LogP contribution in [0, 0.1) is 0 Å². The number of ether oxygens (including phenoxy) is 1. The molecule has 0 saturated carbocycles. The van der Waals surface area contributed by atoms with E-state index in [0.717, 1.165) is 10.8 Å². The third-order valence-corrected chi connectivity index (χ3v) is 3.86. The maximum absolute atomic E-state index is 12.3. The SMILES string of the molecule is O=C(COc1ccccc1Cl)NNC(=O)c1cccc2ccccc12. The average Bonchev–Trinajstić information content (AvgIpc) is 2.65. The number of fused-ring (bicyclic) bond motifs is 1. The van der Waals surface area contributed by atoms with Crippen LogP contribution in [-0.4, -0.2) is 18.4 Å². The van der Waals surface area contributed by atoms with E-state index in [1.165, 1.54) is 0 Å². The van der Waals surface area contributed by atoms with E-state index in [1.54, 1.807) is 36.4 Å². The summed E-state index contributed by atoms with van der Waals surface area (Å²) >= 11 is 5.94. The molecule has 2 N–H and O–H groups in total. The lowest BCUT2D eigenvalue weighted by Gasteiger charge is -2.10. The van der Waals surface area contributed by atoms with Crippen LogP contribution in [-0.2, 0) is 4.79 Å². The van der Waals surface area contributed by atoms with Crippen molar-refractivity contribution in [3.05, 3.63) is 77.3 Å². The van der Waals surface area contributed by atoms with Gasteiger partial charge in [-0.25, -0.2) is 0 Å². The van der Waals surface area contributed by atoms with E-state index in [0.29, 0.717) is 16.3 Å². The van der Waals surface area contributed by atoms with E-state index < -0.39 is 11.8 Å². The van der Waals surface area contributed by atoms with Crippen molar-refractivity contribution in [1.29, 1.82) is 0 Å². The number of carbonyl (C=O) groups excluding carboxylic acids is 2. The van der Waals surface area contributed by atoms with Crippen molar-refractivity contribution in [2.75, 3.05) is 6.61 Å². The quantitative estimate of drug-likeness (QED) is 0.706. The maximum Gasteiger partial charge on any atom is 0.276 e. The van der Waals surface area contributed by atoms with Crippen molar-refractivity contribution < 1.29 is 14.3 Å². The van der Waals surface area contributed by atoms with E-state index in [-0.39, 0.29) is 6.61 Å². The van der Waals surface area contributed by atoms with Crippen LogP contribution >= 0.6 is 11.6 Å². The van der Waals surface area contributed by atoms with Crippen LogP contribution in [0.4, 0.5) is 0 Å². The van der Waals surface area contributed by atoms with E-state index in [4.69, 9.17) is 16.3 Å². The Labute approximate surface area is 149 Å². The standard InChI is InChI=1S/C19H15ClN2O3/c20-16-10-3-4-11-17(16)25-12-18(23)21-22-19(24)15-9-5-7-13-6-1-2-8-14(13)15/h1-11H,12H2,(H,21,23)(H,22,24). The van der Waals surface area contributed by atoms with Crippen molar-refractivity contribution in [2.45, 2.75) is 0 Å². The molecule has 0 heterocycles. The predicted molar refractivity (Wildman–Crippen MR) is 96.5 cm³/mol. The van der Waals surface area contributed by atoms with Gasteiger partial charge in [0.15, 0.2) is 6.61 Å². The molecule has 0 bridgehead atoms. The minimum absolute atomic E-state index is 0.264. The number of amides is 2. The highest BCUT2D eigenvalue weighted by Crippen LogP contribution is 2.22. The average molecular weight is 355 g/mol. The number of hydrazine groups is 1. The molecular weight excluding hydrogens is 340 g/mol. The van der Waals surface area contributed by atoms with Crippen molar-refractivity contribution in [3.63, 3.8) is 0 Å². The molecule has 0 unspecified atom stereocenters. The van der Waals surface area contributed by atoms with E-state index >= 15 is 0 Å². The zero-order valence-corrected chi connectivity index (χ0v) is 13.9. The molecule has 0 fully saturated rings. The number of para-hydroxylation sites is 1. The number of hydrogen-bond acceptors (Lipinski definition) is 3. The Morgan fingerprint density at radius 3 is 2.44 bits per heavy atom. The van der Waals surface area contributed by atoms with Crippen molar-refractivity contribution in [1.82, 2.24) is 10.9 Å². The Hall–Kier alpha value is -3.05. The fourth-order valence-electron chi connectivity index (χ4n) is 2.36. The van der Waals surface area contributed by atoms with Crippen LogP contribution in [0.2, 0.25) is 5.02 Å². The van der Waals surface area contributed by atoms with Gasteiger partial charge in [-0.15, -0.1) is 0 Å². The van der Waals surface area contributed by atoms with Crippen molar-refractivity contribution in [3.8, 4) is 5.75 Å². The molecule has 3 aromatic rings. The number of rotatable bonds is 4. The molecule has 0 aliphatic heterocycles. The molecule has 126 valence electrons. The summed E-state index contributed by atoms with van der Waals surface area (Å²) in [6.07, 6.45) is 0. The number of hydrogen-bond donors (Lipinski definition) is 2. The molecular formula is C19H15ClN2O3. The molecule has 0 aliphatic carbocycles. The van der Waals surface area contributed by atoms with Gasteiger partial charge >= 0.3 is 0 Å². The first-order chi connectivity index (χ1) is 12.1. The summed E-state index contributed by atoms with van der Waals surface area (Å²) in [4.78, 5) is 24.1. The number of carbonyl (C=O) groups is 2. The van der Waals surface area contributed by atoms with Crippen LogP contribution in [0.25, 0.3) is 10.8 Å². The summed E-state index contributed by atoms with van der Waals surface area (Å²) < 4.78 is 5.31. The third kappa shape index (κ3) is 4.08. The minimum Gasteiger partial charge on any atom is -0.482 e. The second kappa shape index (κ2) is 7.68. The number of benzene rings is 3. The van der Waals surface area contributed by atoms with E-state index in [9.17, 15) is 9.59 Å². The molecule has 6 heteroatoms. The highest BCUT2D eigenvalue weighted by Gasteiger charge is 2.11. The largest absolute Gasteiger partial charge is 0.482 e. The van der Waals surface area contributed by atoms with E-state index in [1.807, 2.05) is 30.3 Å². The van der Waals surface area contributed by atoms with Crippen molar-refractivity contribution >= 4 is 34.2 Å². The van der Waals surface area contributed by atoms with Gasteiger partial charge in [-0.05, 0) is 29.0 Å². The lowest BCUT2D eigenvalue weighted by atomic mass is 10.0. The van der Waals surface area contributed by atoms with Gasteiger partial charge in [-0.2, -0.15) is 0 Å². The summed E-state index contributed by atoms with van der Waals surface area (Å²) in [7, 11) is 0. The molecule has 0 atom stereocenters. The van der Waals surface area contributed by atoms with Crippen molar-refractivity contribution in [2.24, 2.45) is 0 Å². The van der Waals surface area contributed by atoms with Crippen LogP contribution in [0.3, 0.4) is 0 Å². The van der Waals surface area contributed by atoms with Crippen LogP contribution < -0.4 is 15.6 Å². The Morgan fingerprint density at radius 1 is 0.880 bits per heavy atom. The minimum atomic E-state index is -0.492. The number of nitrogens with one attached hydrogen (secondary N) is 2. The molecule has 0 aliphatic rings. The Morgan fingerprint density at radius 2 is 1.60 bits per heavy atom. The first-order valence-electron chi connectivity index (χ1n) is 7.59. The molecule has 3 aromatic carbocycles. The molecule has 2 amide bonds. The monoisotopic (exact) mass is 354 g/mol. The fourth-order valence-corrected chi connectivity index (χ4v) is 2.55. The Balaban J connectivity index is 1.58. The summed E-state index contributed by atoms with van der Waals surface area (Å²) in [5.41, 5.74) is 5.20. The highest BCUT2D eigenvalue weighted by molar-refractivity contribution is 6.32. The van der Waals surface area contributed by atoms with Crippen LogP contribution in [0.1, 0.15) is 10.4 Å². The Bertz CT molecular complexity index is 922. The second-order valence-corrected chi connectivity index (χ2v) is 5.66. The predicted octanol–water partition coefficient (Wildman–Crippen LogP) is 3.33. The molecule has 5 nitrogen and oxygen atoms in total. The highest BCUT2D eigenvalue weighted by atomic mass is 35.5. The lowest BCUT2D eigenvalue weighted by Crippen LogP contribution is -2.43. The van der Waals surface area contributed by atoms with Gasteiger partial charge < -0.3 is 4.74 Å². The van der Waals surface area contributed by atoms with Gasteiger partial charge in [0.25, 0.3) is 11.8 Å². The fraction of sp³-hybridized carbons (Fsp3) is 0.0526. The van der Waals surface area contributed by atoms with Gasteiger partial charge in [-0.3, -0.25) is 20.4 Å². The van der Waals surface area contributed by atoms with Gasteiger partial charge in [-0.1, -0.05) is 60.1 Å². The molecule has 3 rings (SSSR count). The summed E-state index contributed by atoms with van der Waals surface area (Å²) in [5.74, 6) is -0.490. The zero-order valence-electron chi connectivity index (χ0n) is 13.2. The maximum atomic E-state index is 12.3. The topological polar surface area (TPSA) is 67.4 Å². The molecule has 0 radical (unpaired) electrons. The summed E-state index contributed by atoms with van der Waals surface area (Å²) in [6, 6.07) is 19.8.